The second kappa shape index (κ2) is 5.29. The Labute approximate surface area is 103 Å². The maximum Gasteiger partial charge on any atom is 0.416 e. The van der Waals surface area contributed by atoms with E-state index in [1.165, 1.54) is 6.07 Å². The highest BCUT2D eigenvalue weighted by molar-refractivity contribution is 5.95. The molecular weight excluding hydrogens is 245 g/mol. The van der Waals surface area contributed by atoms with Gasteiger partial charge in [0, 0.05) is 5.92 Å². The summed E-state index contributed by atoms with van der Waals surface area (Å²) >= 11 is 0. The number of carbonyl (C=O) groups excluding carboxylic acids is 1. The van der Waals surface area contributed by atoms with Gasteiger partial charge < -0.3 is 11.1 Å². The van der Waals surface area contributed by atoms with E-state index in [9.17, 15) is 18.0 Å². The van der Waals surface area contributed by atoms with Gasteiger partial charge in [-0.25, -0.2) is 0 Å². The highest BCUT2D eigenvalue weighted by Crippen LogP contribution is 2.32. The van der Waals surface area contributed by atoms with Gasteiger partial charge in [-0.05, 0) is 24.6 Å². The van der Waals surface area contributed by atoms with Gasteiger partial charge >= 0.3 is 6.18 Å². The molecule has 0 radical (unpaired) electrons. The first-order chi connectivity index (χ1) is 8.25. The Bertz CT molecular complexity index is 443. The van der Waals surface area contributed by atoms with Crippen molar-refractivity contribution in [3.05, 3.63) is 23.8 Å². The van der Waals surface area contributed by atoms with Gasteiger partial charge in [0.05, 0.1) is 16.9 Å². The molecular formula is C12H15F3N2O. The van der Waals surface area contributed by atoms with Crippen molar-refractivity contribution in [3.8, 4) is 0 Å². The Kier molecular flexibility index (Phi) is 4.21. The Morgan fingerprint density at radius 2 is 2.06 bits per heavy atom. The maximum absolute atomic E-state index is 12.4. The lowest BCUT2D eigenvalue weighted by Crippen LogP contribution is -2.20. The first-order valence-corrected chi connectivity index (χ1v) is 5.53. The van der Waals surface area contributed by atoms with Gasteiger partial charge in [-0.3, -0.25) is 4.79 Å². The molecule has 1 atom stereocenters. The zero-order chi connectivity index (χ0) is 13.9. The van der Waals surface area contributed by atoms with Crippen LogP contribution in [0.3, 0.4) is 0 Å². The second-order valence-electron chi connectivity index (χ2n) is 4.10. The summed E-state index contributed by atoms with van der Waals surface area (Å²) < 4.78 is 37.2. The van der Waals surface area contributed by atoms with Crippen LogP contribution < -0.4 is 11.1 Å². The van der Waals surface area contributed by atoms with E-state index in [1.54, 1.807) is 6.92 Å². The third-order valence-corrected chi connectivity index (χ3v) is 2.70. The van der Waals surface area contributed by atoms with Gasteiger partial charge in [0.25, 0.3) is 0 Å². The minimum atomic E-state index is -4.44. The molecule has 1 amide bonds. The number of amides is 1. The number of carbonyl (C=O) groups is 1. The first-order valence-electron chi connectivity index (χ1n) is 5.53. The predicted octanol–water partition coefficient (Wildman–Crippen LogP) is 3.27. The number of alkyl halides is 3. The van der Waals surface area contributed by atoms with Crippen molar-refractivity contribution in [2.45, 2.75) is 26.4 Å². The molecule has 3 nitrogen and oxygen atoms in total. The molecule has 0 aromatic heterocycles. The molecule has 0 heterocycles. The van der Waals surface area contributed by atoms with Crippen LogP contribution in [0.15, 0.2) is 18.2 Å². The summed E-state index contributed by atoms with van der Waals surface area (Å²) in [7, 11) is 0. The van der Waals surface area contributed by atoms with Crippen molar-refractivity contribution in [2.75, 3.05) is 11.1 Å². The van der Waals surface area contributed by atoms with Gasteiger partial charge in [0.1, 0.15) is 0 Å². The SMILES string of the molecule is CCC(C)C(=O)Nc1ccc(C(F)(F)F)cc1N. The summed E-state index contributed by atoms with van der Waals surface area (Å²) in [6.07, 6.45) is -3.79. The van der Waals surface area contributed by atoms with Crippen LogP contribution in [-0.4, -0.2) is 5.91 Å². The quantitative estimate of drug-likeness (QED) is 0.819. The molecule has 0 saturated heterocycles. The van der Waals surface area contributed by atoms with Gasteiger partial charge in [-0.1, -0.05) is 13.8 Å². The fraction of sp³-hybridized carbons (Fsp3) is 0.417. The van der Waals surface area contributed by atoms with Gasteiger partial charge in [0.2, 0.25) is 5.91 Å². The largest absolute Gasteiger partial charge is 0.416 e. The van der Waals surface area contributed by atoms with Crippen LogP contribution >= 0.6 is 0 Å². The molecule has 0 aliphatic rings. The molecule has 1 unspecified atom stereocenters. The molecule has 1 rings (SSSR count). The lowest BCUT2D eigenvalue weighted by Gasteiger charge is -2.13. The summed E-state index contributed by atoms with van der Waals surface area (Å²) in [5.41, 5.74) is 4.77. The monoisotopic (exact) mass is 260 g/mol. The average molecular weight is 260 g/mol. The number of benzene rings is 1. The molecule has 0 saturated carbocycles. The van der Waals surface area contributed by atoms with Crippen LogP contribution in [0.1, 0.15) is 25.8 Å². The van der Waals surface area contributed by atoms with Crippen LogP contribution in [0.5, 0.6) is 0 Å². The van der Waals surface area contributed by atoms with E-state index < -0.39 is 11.7 Å². The first kappa shape index (κ1) is 14.3. The number of hydrogen-bond donors (Lipinski definition) is 2. The van der Waals surface area contributed by atoms with Crippen molar-refractivity contribution in [1.29, 1.82) is 0 Å². The number of hydrogen-bond acceptors (Lipinski definition) is 2. The number of nitrogen functional groups attached to an aromatic ring is 1. The van der Waals surface area contributed by atoms with E-state index in [0.717, 1.165) is 12.1 Å². The molecule has 6 heteroatoms. The summed E-state index contributed by atoms with van der Waals surface area (Å²) in [6.45, 7) is 3.58. The van der Waals surface area contributed by atoms with E-state index in [1.807, 2.05) is 6.92 Å². The van der Waals surface area contributed by atoms with E-state index in [0.29, 0.717) is 6.42 Å². The van der Waals surface area contributed by atoms with E-state index >= 15 is 0 Å². The number of nitrogens with two attached hydrogens (primary N) is 1. The van der Waals surface area contributed by atoms with Crippen LogP contribution in [0.25, 0.3) is 0 Å². The van der Waals surface area contributed by atoms with Crippen molar-refractivity contribution in [1.82, 2.24) is 0 Å². The van der Waals surface area contributed by atoms with Gasteiger partial charge in [0.15, 0.2) is 0 Å². The fourth-order valence-corrected chi connectivity index (χ4v) is 1.29. The number of halogens is 3. The normalized spacial score (nSPS) is 13.2. The van der Waals surface area contributed by atoms with Gasteiger partial charge in [-0.15, -0.1) is 0 Å². The van der Waals surface area contributed by atoms with Crippen LogP contribution in [-0.2, 0) is 11.0 Å². The molecule has 1 aromatic rings. The van der Waals surface area contributed by atoms with Crippen LogP contribution in [0.4, 0.5) is 24.5 Å². The topological polar surface area (TPSA) is 55.1 Å². The molecule has 1 aromatic carbocycles. The summed E-state index contributed by atoms with van der Waals surface area (Å²) in [5, 5.41) is 2.51. The van der Waals surface area contributed by atoms with E-state index in [4.69, 9.17) is 5.73 Å². The molecule has 3 N–H and O–H groups in total. The van der Waals surface area contributed by atoms with Gasteiger partial charge in [-0.2, -0.15) is 13.2 Å². The number of nitrogens with one attached hydrogen (secondary N) is 1. The van der Waals surface area contributed by atoms with Crippen molar-refractivity contribution >= 4 is 17.3 Å². The second-order valence-corrected chi connectivity index (χ2v) is 4.10. The highest BCUT2D eigenvalue weighted by atomic mass is 19.4. The Balaban J connectivity index is 2.90. The predicted molar refractivity (Wildman–Crippen MR) is 63.9 cm³/mol. The lowest BCUT2D eigenvalue weighted by molar-refractivity contribution is -0.137. The smallest absolute Gasteiger partial charge is 0.397 e. The minimum Gasteiger partial charge on any atom is -0.397 e. The molecule has 0 fully saturated rings. The Morgan fingerprint density at radius 3 is 2.50 bits per heavy atom. The summed E-state index contributed by atoms with van der Waals surface area (Å²) in [4.78, 5) is 11.6. The average Bonchev–Trinajstić information content (AvgIpc) is 2.29. The van der Waals surface area contributed by atoms with Crippen molar-refractivity contribution < 1.29 is 18.0 Å². The van der Waals surface area contributed by atoms with E-state index in [-0.39, 0.29) is 23.2 Å². The molecule has 0 bridgehead atoms. The van der Waals surface area contributed by atoms with Crippen molar-refractivity contribution in [2.24, 2.45) is 5.92 Å². The summed E-state index contributed by atoms with van der Waals surface area (Å²) in [5.74, 6) is -0.476. The molecule has 0 aliphatic carbocycles. The molecule has 100 valence electrons. The molecule has 18 heavy (non-hydrogen) atoms. The number of rotatable bonds is 3. The number of anilines is 2. The third kappa shape index (κ3) is 3.38. The minimum absolute atomic E-state index is 0.0959. The standard InChI is InChI=1S/C12H15F3N2O/c1-3-7(2)11(18)17-10-5-4-8(6-9(10)16)12(13,14)15/h4-7H,3,16H2,1-2H3,(H,17,18). The zero-order valence-corrected chi connectivity index (χ0v) is 10.1. The highest BCUT2D eigenvalue weighted by Gasteiger charge is 2.30. The van der Waals surface area contributed by atoms with Crippen LogP contribution in [0, 0.1) is 5.92 Å². The van der Waals surface area contributed by atoms with Crippen molar-refractivity contribution in [3.63, 3.8) is 0 Å². The van der Waals surface area contributed by atoms with Crippen LogP contribution in [0.2, 0.25) is 0 Å². The third-order valence-electron chi connectivity index (χ3n) is 2.70. The molecule has 0 aliphatic heterocycles. The lowest BCUT2D eigenvalue weighted by atomic mass is 10.1. The maximum atomic E-state index is 12.4. The Hall–Kier alpha value is -1.72. The fourth-order valence-electron chi connectivity index (χ4n) is 1.29. The zero-order valence-electron chi connectivity index (χ0n) is 10.1. The summed E-state index contributed by atoms with van der Waals surface area (Å²) in [6, 6.07) is 2.87. The molecule has 0 spiro atoms. The van der Waals surface area contributed by atoms with E-state index in [2.05, 4.69) is 5.32 Å². The Morgan fingerprint density at radius 1 is 1.44 bits per heavy atom.